The molecule has 0 saturated heterocycles. The summed E-state index contributed by atoms with van der Waals surface area (Å²) >= 11 is 3.60. The van der Waals surface area contributed by atoms with Crippen LogP contribution in [0.3, 0.4) is 0 Å². The van der Waals surface area contributed by atoms with E-state index in [4.69, 9.17) is 9.84 Å². The molecule has 27 heavy (non-hydrogen) atoms. The van der Waals surface area contributed by atoms with E-state index in [1.165, 1.54) is 16.7 Å². The zero-order valence-electron chi connectivity index (χ0n) is 16.0. The van der Waals surface area contributed by atoms with Crippen molar-refractivity contribution >= 4 is 21.7 Å². The lowest BCUT2D eigenvalue weighted by molar-refractivity contribution is 0.416. The molecule has 1 aromatic heterocycles. The van der Waals surface area contributed by atoms with Crippen LogP contribution in [0.1, 0.15) is 29.5 Å². The molecule has 0 bridgehead atoms. The maximum Gasteiger partial charge on any atom is 0.133 e. The Morgan fingerprint density at radius 2 is 2.00 bits per heavy atom. The smallest absolute Gasteiger partial charge is 0.133 e. The summed E-state index contributed by atoms with van der Waals surface area (Å²) in [5.41, 5.74) is 6.94. The first-order valence-electron chi connectivity index (χ1n) is 9.36. The SMILES string of the molecule is COc1ccc(Br)cc1-c1nn(-c2cccc(C)c2C)c2c1CCCCN2. The topological polar surface area (TPSA) is 39.1 Å². The molecule has 4 rings (SSSR count). The molecule has 0 aliphatic carbocycles. The van der Waals surface area contributed by atoms with E-state index in [2.05, 4.69) is 64.0 Å². The first-order valence-corrected chi connectivity index (χ1v) is 10.2. The standard InChI is InChI=1S/C22H24BrN3O/c1-14-7-6-9-19(15(14)2)26-22-17(8-4-5-12-24-22)21(25-26)18-13-16(23)10-11-20(18)27-3/h6-7,9-11,13,24H,4-5,8,12H2,1-3H3. The molecular weight excluding hydrogens is 402 g/mol. The average Bonchev–Trinajstić information content (AvgIpc) is 2.85. The maximum atomic E-state index is 5.64. The van der Waals surface area contributed by atoms with Gasteiger partial charge >= 0.3 is 0 Å². The molecular formula is C22H24BrN3O. The van der Waals surface area contributed by atoms with Crippen molar-refractivity contribution in [2.24, 2.45) is 0 Å². The fraction of sp³-hybridized carbons (Fsp3) is 0.318. The third-order valence-electron chi connectivity index (χ3n) is 5.35. The van der Waals surface area contributed by atoms with Crippen LogP contribution in [0.2, 0.25) is 0 Å². The molecule has 0 saturated carbocycles. The third-order valence-corrected chi connectivity index (χ3v) is 5.84. The van der Waals surface area contributed by atoms with Crippen LogP contribution >= 0.6 is 15.9 Å². The molecule has 3 aromatic rings. The molecule has 0 atom stereocenters. The lowest BCUT2D eigenvalue weighted by Crippen LogP contribution is -2.08. The van der Waals surface area contributed by atoms with E-state index in [1.807, 2.05) is 12.1 Å². The molecule has 140 valence electrons. The molecule has 2 aromatic carbocycles. The van der Waals surface area contributed by atoms with Crippen molar-refractivity contribution in [3.05, 3.63) is 57.6 Å². The summed E-state index contributed by atoms with van der Waals surface area (Å²) in [6.07, 6.45) is 3.33. The fourth-order valence-electron chi connectivity index (χ4n) is 3.72. The second-order valence-electron chi connectivity index (χ2n) is 7.04. The van der Waals surface area contributed by atoms with Gasteiger partial charge in [0.25, 0.3) is 0 Å². The summed E-state index contributed by atoms with van der Waals surface area (Å²) < 4.78 is 8.75. The second-order valence-corrected chi connectivity index (χ2v) is 7.95. The van der Waals surface area contributed by atoms with E-state index in [1.54, 1.807) is 7.11 Å². The summed E-state index contributed by atoms with van der Waals surface area (Å²) in [5, 5.41) is 8.71. The lowest BCUT2D eigenvalue weighted by Gasteiger charge is -2.13. The minimum absolute atomic E-state index is 0.843. The number of ether oxygens (including phenoxy) is 1. The minimum atomic E-state index is 0.843. The van der Waals surface area contributed by atoms with Gasteiger partial charge in [0.2, 0.25) is 0 Å². The number of nitrogens with zero attached hydrogens (tertiary/aromatic N) is 2. The summed E-state index contributed by atoms with van der Waals surface area (Å²) in [5.74, 6) is 1.95. The van der Waals surface area contributed by atoms with E-state index in [9.17, 15) is 0 Å². The highest BCUT2D eigenvalue weighted by Crippen LogP contribution is 2.39. The van der Waals surface area contributed by atoms with Gasteiger partial charge in [-0.05, 0) is 68.5 Å². The van der Waals surface area contributed by atoms with Gasteiger partial charge in [0, 0.05) is 22.1 Å². The summed E-state index contributed by atoms with van der Waals surface area (Å²) in [4.78, 5) is 0. The van der Waals surface area contributed by atoms with Gasteiger partial charge in [0.1, 0.15) is 17.3 Å². The Balaban J connectivity index is 1.98. The monoisotopic (exact) mass is 425 g/mol. The quantitative estimate of drug-likeness (QED) is 0.586. The predicted octanol–water partition coefficient (Wildman–Crippen LogP) is 5.68. The van der Waals surface area contributed by atoms with Gasteiger partial charge in [0.15, 0.2) is 0 Å². The van der Waals surface area contributed by atoms with Crippen LogP contribution in [-0.4, -0.2) is 23.4 Å². The van der Waals surface area contributed by atoms with Gasteiger partial charge in [-0.15, -0.1) is 0 Å². The number of methoxy groups -OCH3 is 1. The van der Waals surface area contributed by atoms with Crippen molar-refractivity contribution in [1.82, 2.24) is 9.78 Å². The number of hydrogen-bond acceptors (Lipinski definition) is 3. The number of halogens is 1. The number of aryl methyl sites for hydroxylation is 1. The summed E-state index contributed by atoms with van der Waals surface area (Å²) in [6, 6.07) is 12.5. The number of nitrogens with one attached hydrogen (secondary N) is 1. The Labute approximate surface area is 168 Å². The number of fused-ring (bicyclic) bond motifs is 1. The summed E-state index contributed by atoms with van der Waals surface area (Å²) in [6.45, 7) is 5.28. The Hall–Kier alpha value is -2.27. The van der Waals surface area contributed by atoms with Crippen molar-refractivity contribution in [2.75, 3.05) is 19.0 Å². The molecule has 0 radical (unpaired) electrons. The Kier molecular flexibility index (Phi) is 4.96. The van der Waals surface area contributed by atoms with Crippen LogP contribution in [0.4, 0.5) is 5.82 Å². The van der Waals surface area contributed by atoms with E-state index in [-0.39, 0.29) is 0 Å². The van der Waals surface area contributed by atoms with Gasteiger partial charge in [-0.25, -0.2) is 4.68 Å². The largest absolute Gasteiger partial charge is 0.496 e. The van der Waals surface area contributed by atoms with Gasteiger partial charge in [-0.3, -0.25) is 0 Å². The minimum Gasteiger partial charge on any atom is -0.496 e. The van der Waals surface area contributed by atoms with Gasteiger partial charge < -0.3 is 10.1 Å². The zero-order chi connectivity index (χ0) is 19.0. The van der Waals surface area contributed by atoms with E-state index >= 15 is 0 Å². The van der Waals surface area contributed by atoms with Crippen molar-refractivity contribution in [2.45, 2.75) is 33.1 Å². The molecule has 0 unspecified atom stereocenters. The highest BCUT2D eigenvalue weighted by molar-refractivity contribution is 9.10. The predicted molar refractivity (Wildman–Crippen MR) is 114 cm³/mol. The number of benzene rings is 2. The van der Waals surface area contributed by atoms with Crippen molar-refractivity contribution in [3.8, 4) is 22.7 Å². The highest BCUT2D eigenvalue weighted by atomic mass is 79.9. The van der Waals surface area contributed by atoms with Crippen LogP contribution in [0.5, 0.6) is 5.75 Å². The molecule has 5 heteroatoms. The Bertz CT molecular complexity index is 993. The van der Waals surface area contributed by atoms with E-state index in [0.717, 1.165) is 58.8 Å². The van der Waals surface area contributed by atoms with Gasteiger partial charge in [0.05, 0.1) is 12.8 Å². The molecule has 1 N–H and O–H groups in total. The van der Waals surface area contributed by atoms with Crippen LogP contribution in [0, 0.1) is 13.8 Å². The molecule has 2 heterocycles. The second kappa shape index (κ2) is 7.39. The van der Waals surface area contributed by atoms with Gasteiger partial charge in [-0.2, -0.15) is 5.10 Å². The number of rotatable bonds is 3. The lowest BCUT2D eigenvalue weighted by atomic mass is 10.0. The van der Waals surface area contributed by atoms with Crippen LogP contribution < -0.4 is 10.1 Å². The number of hydrogen-bond donors (Lipinski definition) is 1. The fourth-order valence-corrected chi connectivity index (χ4v) is 4.08. The molecule has 1 aliphatic rings. The van der Waals surface area contributed by atoms with Crippen molar-refractivity contribution < 1.29 is 4.74 Å². The Morgan fingerprint density at radius 1 is 1.15 bits per heavy atom. The van der Waals surface area contributed by atoms with Crippen molar-refractivity contribution in [1.29, 1.82) is 0 Å². The van der Waals surface area contributed by atoms with Crippen LogP contribution in [0.15, 0.2) is 40.9 Å². The van der Waals surface area contributed by atoms with E-state index < -0.39 is 0 Å². The number of anilines is 1. The molecule has 1 aliphatic heterocycles. The normalized spacial score (nSPS) is 13.6. The molecule has 4 nitrogen and oxygen atoms in total. The maximum absolute atomic E-state index is 5.64. The summed E-state index contributed by atoms with van der Waals surface area (Å²) in [7, 11) is 1.71. The van der Waals surface area contributed by atoms with Gasteiger partial charge in [-0.1, -0.05) is 28.1 Å². The van der Waals surface area contributed by atoms with Crippen LogP contribution in [0.25, 0.3) is 16.9 Å². The van der Waals surface area contributed by atoms with Crippen molar-refractivity contribution in [3.63, 3.8) is 0 Å². The highest BCUT2D eigenvalue weighted by Gasteiger charge is 2.24. The average molecular weight is 426 g/mol. The molecule has 0 spiro atoms. The first kappa shape index (κ1) is 18.1. The van der Waals surface area contributed by atoms with Crippen LogP contribution in [-0.2, 0) is 6.42 Å². The molecule has 0 amide bonds. The molecule has 0 fully saturated rings. The zero-order valence-corrected chi connectivity index (χ0v) is 17.6. The Morgan fingerprint density at radius 3 is 2.81 bits per heavy atom. The number of aromatic nitrogens is 2. The third kappa shape index (κ3) is 3.25. The van der Waals surface area contributed by atoms with E-state index in [0.29, 0.717) is 0 Å². The first-order chi connectivity index (χ1) is 13.1.